The molecule has 5 heteroatoms. The first kappa shape index (κ1) is 17.9. The minimum Gasteiger partial charge on any atom is -0.466 e. The molecule has 1 radical (unpaired) electrons. The highest BCUT2D eigenvalue weighted by atomic mass is 16.5. The van der Waals surface area contributed by atoms with Crippen LogP contribution in [-0.2, 0) is 19.7 Å². The molecule has 1 aromatic rings. The molecule has 0 bridgehead atoms. The molecule has 1 amide bonds. The van der Waals surface area contributed by atoms with Crippen LogP contribution in [0.1, 0.15) is 50.5 Å². The van der Waals surface area contributed by atoms with Gasteiger partial charge in [0.25, 0.3) is 11.5 Å². The number of carbonyl (C=O) groups is 2. The Bertz CT molecular complexity index is 618. The molecule has 2 aliphatic rings. The van der Waals surface area contributed by atoms with Crippen molar-refractivity contribution in [2.24, 2.45) is 0 Å². The number of ether oxygens (including phenoxy) is 1. The summed E-state index contributed by atoms with van der Waals surface area (Å²) >= 11 is 0. The van der Waals surface area contributed by atoms with Gasteiger partial charge in [0.2, 0.25) is 0 Å². The molecular weight excluding hydrogens is 318 g/mol. The third kappa shape index (κ3) is 2.84. The van der Waals surface area contributed by atoms with Gasteiger partial charge in [0.1, 0.15) is 0 Å². The first-order valence-corrected chi connectivity index (χ1v) is 9.13. The Labute approximate surface area is 149 Å². The zero-order valence-corrected chi connectivity index (χ0v) is 14.8. The second-order valence-corrected chi connectivity index (χ2v) is 7.12. The standard InChI is InChI=1S/C20H26NO4/c1-25-18(23)20(24,17(22)21-14-8-9-15-21)19(12-6-3-7-13-19)16-10-4-2-5-11-16/h2,4-5,10,24H,3,6-9,12-15H2,1H3. The average Bonchev–Trinajstić information content (AvgIpc) is 3.22. The van der Waals surface area contributed by atoms with Gasteiger partial charge >= 0.3 is 5.97 Å². The van der Waals surface area contributed by atoms with Crippen LogP contribution in [-0.4, -0.2) is 47.7 Å². The summed E-state index contributed by atoms with van der Waals surface area (Å²) in [6.07, 6.45) is 5.67. The van der Waals surface area contributed by atoms with Gasteiger partial charge in [-0.1, -0.05) is 43.5 Å². The van der Waals surface area contributed by atoms with E-state index in [-0.39, 0.29) is 0 Å². The van der Waals surface area contributed by atoms with Crippen molar-refractivity contribution >= 4 is 11.9 Å². The van der Waals surface area contributed by atoms with Gasteiger partial charge in [-0.2, -0.15) is 0 Å². The van der Waals surface area contributed by atoms with Crippen LogP contribution in [0, 0.1) is 6.07 Å². The van der Waals surface area contributed by atoms with Crippen LogP contribution in [0.3, 0.4) is 0 Å². The van der Waals surface area contributed by atoms with Gasteiger partial charge < -0.3 is 14.7 Å². The second-order valence-electron chi connectivity index (χ2n) is 7.12. The van der Waals surface area contributed by atoms with Crippen molar-refractivity contribution in [1.29, 1.82) is 0 Å². The van der Waals surface area contributed by atoms with Crippen LogP contribution in [0.15, 0.2) is 24.3 Å². The van der Waals surface area contributed by atoms with E-state index in [0.29, 0.717) is 25.9 Å². The first-order valence-electron chi connectivity index (χ1n) is 9.13. The topological polar surface area (TPSA) is 66.8 Å². The molecule has 0 spiro atoms. The molecule has 25 heavy (non-hydrogen) atoms. The van der Waals surface area contributed by atoms with E-state index in [0.717, 1.165) is 37.7 Å². The highest BCUT2D eigenvalue weighted by Crippen LogP contribution is 2.48. The Balaban J connectivity index is 2.13. The molecule has 1 aromatic carbocycles. The lowest BCUT2D eigenvalue weighted by molar-refractivity contribution is -0.185. The summed E-state index contributed by atoms with van der Waals surface area (Å²) < 4.78 is 4.95. The lowest BCUT2D eigenvalue weighted by atomic mass is 9.59. The van der Waals surface area contributed by atoms with E-state index < -0.39 is 22.9 Å². The number of carbonyl (C=O) groups excluding carboxylic acids is 2. The Kier molecular flexibility index (Phi) is 5.13. The summed E-state index contributed by atoms with van der Waals surface area (Å²) in [5.74, 6) is -1.38. The molecule has 3 rings (SSSR count). The number of nitrogens with zero attached hydrogens (tertiary/aromatic N) is 1. The van der Waals surface area contributed by atoms with Crippen LogP contribution in [0.5, 0.6) is 0 Å². The molecule has 1 heterocycles. The van der Waals surface area contributed by atoms with Crippen molar-refractivity contribution in [3.8, 4) is 0 Å². The van der Waals surface area contributed by atoms with Crippen LogP contribution >= 0.6 is 0 Å². The SMILES string of the molecule is COC(=O)C(O)(C(=O)N1CCCC1)C1(c2[c]cccc2)CCCCC1. The van der Waals surface area contributed by atoms with Gasteiger partial charge in [-0.25, -0.2) is 4.79 Å². The van der Waals surface area contributed by atoms with E-state index in [1.165, 1.54) is 7.11 Å². The predicted molar refractivity (Wildman–Crippen MR) is 92.8 cm³/mol. The molecular formula is C20H26NO4. The number of benzene rings is 1. The number of rotatable bonds is 4. The van der Waals surface area contributed by atoms with Gasteiger partial charge in [-0.3, -0.25) is 4.79 Å². The minimum absolute atomic E-state index is 0.518. The van der Waals surface area contributed by atoms with Crippen LogP contribution in [0.4, 0.5) is 0 Å². The summed E-state index contributed by atoms with van der Waals surface area (Å²) in [6, 6.07) is 10.5. The lowest BCUT2D eigenvalue weighted by Crippen LogP contribution is -2.66. The Morgan fingerprint density at radius 3 is 2.40 bits per heavy atom. The van der Waals surface area contributed by atoms with Gasteiger partial charge in [-0.15, -0.1) is 0 Å². The van der Waals surface area contributed by atoms with Crippen molar-refractivity contribution in [3.63, 3.8) is 0 Å². The number of aliphatic hydroxyl groups is 1. The molecule has 5 nitrogen and oxygen atoms in total. The number of likely N-dealkylation sites (tertiary alicyclic amines) is 1. The van der Waals surface area contributed by atoms with E-state index in [4.69, 9.17) is 4.74 Å². The Hall–Kier alpha value is -1.88. The number of hydrogen-bond donors (Lipinski definition) is 1. The van der Waals surface area contributed by atoms with Crippen molar-refractivity contribution in [1.82, 2.24) is 4.90 Å². The minimum atomic E-state index is -2.20. The fourth-order valence-electron chi connectivity index (χ4n) is 4.46. The summed E-state index contributed by atoms with van der Waals surface area (Å²) in [4.78, 5) is 27.7. The second kappa shape index (κ2) is 7.16. The van der Waals surface area contributed by atoms with Gasteiger partial charge in [0.05, 0.1) is 7.11 Å². The Morgan fingerprint density at radius 2 is 1.84 bits per heavy atom. The highest BCUT2D eigenvalue weighted by molar-refractivity contribution is 6.08. The zero-order chi connectivity index (χ0) is 17.9. The predicted octanol–water partition coefficient (Wildman–Crippen LogP) is 2.22. The summed E-state index contributed by atoms with van der Waals surface area (Å²) in [6.45, 7) is 1.15. The largest absolute Gasteiger partial charge is 0.466 e. The fraction of sp³-hybridized carbons (Fsp3) is 0.600. The van der Waals surface area contributed by atoms with Crippen molar-refractivity contribution < 1.29 is 19.4 Å². The number of methoxy groups -OCH3 is 1. The smallest absolute Gasteiger partial charge is 0.348 e. The fourth-order valence-corrected chi connectivity index (χ4v) is 4.46. The average molecular weight is 344 g/mol. The summed E-state index contributed by atoms with van der Waals surface area (Å²) in [5, 5.41) is 11.7. The molecule has 1 N–H and O–H groups in total. The van der Waals surface area contributed by atoms with Crippen LogP contribution in [0.25, 0.3) is 0 Å². The van der Waals surface area contributed by atoms with Crippen molar-refractivity contribution in [3.05, 3.63) is 35.9 Å². The molecule has 1 aliphatic heterocycles. The molecule has 2 fully saturated rings. The van der Waals surface area contributed by atoms with Crippen molar-refractivity contribution in [2.75, 3.05) is 20.2 Å². The third-order valence-corrected chi connectivity index (χ3v) is 5.81. The molecule has 0 aromatic heterocycles. The maximum absolute atomic E-state index is 13.3. The van der Waals surface area contributed by atoms with Crippen LogP contribution < -0.4 is 0 Å². The van der Waals surface area contributed by atoms with E-state index in [1.54, 1.807) is 11.0 Å². The third-order valence-electron chi connectivity index (χ3n) is 5.81. The van der Waals surface area contributed by atoms with E-state index in [2.05, 4.69) is 6.07 Å². The van der Waals surface area contributed by atoms with Crippen LogP contribution in [0.2, 0.25) is 0 Å². The first-order chi connectivity index (χ1) is 12.1. The van der Waals surface area contributed by atoms with Gasteiger partial charge in [-0.05, 0) is 37.3 Å². The van der Waals surface area contributed by atoms with Gasteiger partial charge in [0, 0.05) is 18.5 Å². The molecule has 1 saturated carbocycles. The lowest BCUT2D eigenvalue weighted by Gasteiger charge is -2.47. The quantitative estimate of drug-likeness (QED) is 0.672. The Morgan fingerprint density at radius 1 is 1.16 bits per heavy atom. The molecule has 135 valence electrons. The maximum Gasteiger partial charge on any atom is 0.348 e. The zero-order valence-electron chi connectivity index (χ0n) is 14.8. The molecule has 1 aliphatic carbocycles. The molecule has 1 unspecified atom stereocenters. The van der Waals surface area contributed by atoms with E-state index in [1.807, 2.05) is 18.2 Å². The maximum atomic E-state index is 13.3. The van der Waals surface area contributed by atoms with E-state index >= 15 is 0 Å². The highest BCUT2D eigenvalue weighted by Gasteiger charge is 2.63. The molecule has 1 saturated heterocycles. The van der Waals surface area contributed by atoms with Gasteiger partial charge in [0.15, 0.2) is 0 Å². The summed E-state index contributed by atoms with van der Waals surface area (Å²) in [7, 11) is 1.23. The number of hydrogen-bond acceptors (Lipinski definition) is 4. The number of amides is 1. The number of esters is 1. The monoisotopic (exact) mass is 344 g/mol. The molecule has 1 atom stereocenters. The normalized spacial score (nSPS) is 22.2. The van der Waals surface area contributed by atoms with Crippen molar-refractivity contribution in [2.45, 2.75) is 56.0 Å². The van der Waals surface area contributed by atoms with E-state index in [9.17, 15) is 14.7 Å². The summed E-state index contributed by atoms with van der Waals surface area (Å²) in [5.41, 5.74) is -2.47.